The zero-order valence-electron chi connectivity index (χ0n) is 15.5. The molecule has 3 aromatic rings. The molecule has 2 heterocycles. The minimum absolute atomic E-state index is 0.00656. The average Bonchev–Trinajstić information content (AvgIpc) is 3.23. The van der Waals surface area contributed by atoms with Gasteiger partial charge in [0.05, 0.1) is 0 Å². The molecule has 29 heavy (non-hydrogen) atoms. The summed E-state index contributed by atoms with van der Waals surface area (Å²) in [6.07, 6.45) is 0.633. The van der Waals surface area contributed by atoms with Crippen LogP contribution in [0.5, 0.6) is 0 Å². The van der Waals surface area contributed by atoms with Gasteiger partial charge in [0, 0.05) is 25.2 Å². The average molecular weight is 431 g/mol. The normalized spacial score (nSPS) is 14.4. The molecule has 0 radical (unpaired) electrons. The van der Waals surface area contributed by atoms with Gasteiger partial charge in [0.25, 0.3) is 5.91 Å². The second-order valence-electron chi connectivity index (χ2n) is 6.75. The first-order valence-corrected chi connectivity index (χ1v) is 11.4. The highest BCUT2D eigenvalue weighted by Crippen LogP contribution is 2.29. The molecular weight excluding hydrogens is 411 g/mol. The Hall–Kier alpha value is -2.55. The number of thiophene rings is 1. The molecule has 4 rings (SSSR count). The van der Waals surface area contributed by atoms with Crippen molar-refractivity contribution >= 4 is 27.3 Å². The van der Waals surface area contributed by atoms with Crippen molar-refractivity contribution in [2.24, 2.45) is 0 Å². The molecule has 5 nitrogen and oxygen atoms in total. The Balaban J connectivity index is 1.54. The molecule has 1 aromatic heterocycles. The van der Waals surface area contributed by atoms with Gasteiger partial charge in [0.1, 0.15) is 15.6 Å². The fraction of sp³-hybridized carbons (Fsp3) is 0.190. The first-order valence-electron chi connectivity index (χ1n) is 9.13. The molecule has 0 aliphatic carbocycles. The minimum atomic E-state index is -3.82. The van der Waals surface area contributed by atoms with Gasteiger partial charge in [-0.05, 0) is 35.1 Å². The topological polar surface area (TPSA) is 66.5 Å². The maximum absolute atomic E-state index is 13.8. The van der Waals surface area contributed by atoms with Crippen LogP contribution in [0.15, 0.2) is 64.9 Å². The summed E-state index contributed by atoms with van der Waals surface area (Å²) in [5.41, 5.74) is 2.46. The van der Waals surface area contributed by atoms with Gasteiger partial charge in [-0.1, -0.05) is 42.5 Å². The molecule has 0 unspecified atom stereocenters. The van der Waals surface area contributed by atoms with Crippen LogP contribution in [0.1, 0.15) is 26.4 Å². The number of nitrogens with zero attached hydrogens (tertiary/aromatic N) is 1. The Morgan fingerprint density at radius 1 is 1.07 bits per heavy atom. The molecule has 1 N–H and O–H groups in total. The number of halogens is 1. The number of hydrogen-bond acceptors (Lipinski definition) is 4. The number of sulfonamides is 1. The lowest BCUT2D eigenvalue weighted by Gasteiger charge is -2.28. The van der Waals surface area contributed by atoms with Crippen molar-refractivity contribution < 1.29 is 17.6 Å². The van der Waals surface area contributed by atoms with Gasteiger partial charge in [0.2, 0.25) is 10.0 Å². The van der Waals surface area contributed by atoms with Crippen molar-refractivity contribution in [2.75, 3.05) is 6.54 Å². The van der Waals surface area contributed by atoms with Gasteiger partial charge in [-0.15, -0.1) is 11.3 Å². The maximum atomic E-state index is 13.8. The van der Waals surface area contributed by atoms with E-state index in [2.05, 4.69) is 5.32 Å². The number of benzene rings is 2. The van der Waals surface area contributed by atoms with Crippen molar-refractivity contribution in [3.8, 4) is 0 Å². The first kappa shape index (κ1) is 19.8. The van der Waals surface area contributed by atoms with Crippen LogP contribution in [0.3, 0.4) is 0 Å². The third-order valence-electron chi connectivity index (χ3n) is 4.95. The lowest BCUT2D eigenvalue weighted by Crippen LogP contribution is -2.36. The predicted octanol–water partition coefficient (Wildman–Crippen LogP) is 3.56. The Morgan fingerprint density at radius 3 is 2.59 bits per heavy atom. The smallest absolute Gasteiger partial charge is 0.263 e. The number of hydrogen-bond donors (Lipinski definition) is 1. The molecule has 1 amide bonds. The van der Waals surface area contributed by atoms with Crippen LogP contribution in [0.2, 0.25) is 0 Å². The van der Waals surface area contributed by atoms with E-state index in [1.807, 2.05) is 24.3 Å². The van der Waals surface area contributed by atoms with Crippen molar-refractivity contribution in [1.29, 1.82) is 0 Å². The summed E-state index contributed by atoms with van der Waals surface area (Å²) in [6, 6.07) is 15.4. The number of amides is 1. The summed E-state index contributed by atoms with van der Waals surface area (Å²) in [4.78, 5) is 12.7. The van der Waals surface area contributed by atoms with Gasteiger partial charge >= 0.3 is 0 Å². The van der Waals surface area contributed by atoms with E-state index in [-0.39, 0.29) is 22.9 Å². The van der Waals surface area contributed by atoms with Crippen LogP contribution in [0.4, 0.5) is 4.39 Å². The monoisotopic (exact) mass is 430 g/mol. The molecule has 0 saturated carbocycles. The van der Waals surface area contributed by atoms with Gasteiger partial charge in [0.15, 0.2) is 0 Å². The molecule has 1 aliphatic rings. The first-order chi connectivity index (χ1) is 14.0. The summed E-state index contributed by atoms with van der Waals surface area (Å²) in [5.74, 6) is -0.946. The molecule has 0 saturated heterocycles. The highest BCUT2D eigenvalue weighted by atomic mass is 32.2. The molecule has 0 spiro atoms. The van der Waals surface area contributed by atoms with E-state index in [0.717, 1.165) is 22.5 Å². The molecule has 1 aliphatic heterocycles. The van der Waals surface area contributed by atoms with E-state index in [1.54, 1.807) is 23.6 Å². The quantitative estimate of drug-likeness (QED) is 0.673. The molecule has 8 heteroatoms. The zero-order valence-corrected chi connectivity index (χ0v) is 17.1. The van der Waals surface area contributed by atoms with Crippen molar-refractivity contribution in [3.63, 3.8) is 0 Å². The number of nitrogens with one attached hydrogen (secondary N) is 1. The maximum Gasteiger partial charge on any atom is 0.263 e. The van der Waals surface area contributed by atoms with Crippen LogP contribution >= 0.6 is 11.3 Å². The third kappa shape index (κ3) is 3.96. The Bertz CT molecular complexity index is 1160. The summed E-state index contributed by atoms with van der Waals surface area (Å²) in [7, 11) is -3.82. The third-order valence-corrected chi connectivity index (χ3v) is 7.88. The Morgan fingerprint density at radius 2 is 1.79 bits per heavy atom. The molecule has 0 atom stereocenters. The summed E-state index contributed by atoms with van der Waals surface area (Å²) in [5, 5.41) is 4.21. The molecule has 150 valence electrons. The number of carbonyl (C=O) groups is 1. The van der Waals surface area contributed by atoms with Crippen LogP contribution in [-0.2, 0) is 29.5 Å². The largest absolute Gasteiger partial charge is 0.347 e. The standard InChI is InChI=1S/C21H19FN2O3S2/c22-18-8-4-3-6-16(18)13-23-21(25)20-19(10-12-28-20)29(26,27)24-11-9-15-5-1-2-7-17(15)14-24/h1-8,10,12H,9,11,13-14H2,(H,23,25). The number of carbonyl (C=O) groups excluding carboxylic acids is 1. The summed E-state index contributed by atoms with van der Waals surface area (Å²) in [6.45, 7) is 0.635. The van der Waals surface area contributed by atoms with Crippen LogP contribution < -0.4 is 5.32 Å². The lowest BCUT2D eigenvalue weighted by molar-refractivity contribution is 0.0951. The van der Waals surface area contributed by atoms with Crippen LogP contribution in [-0.4, -0.2) is 25.2 Å². The molecule has 0 fully saturated rings. The second kappa shape index (κ2) is 8.06. The highest BCUT2D eigenvalue weighted by Gasteiger charge is 2.32. The Kier molecular flexibility index (Phi) is 5.49. The summed E-state index contributed by atoms with van der Waals surface area (Å²) >= 11 is 1.06. The Labute approximate surface area is 172 Å². The van der Waals surface area contributed by atoms with Crippen LogP contribution in [0.25, 0.3) is 0 Å². The molecule has 2 aromatic carbocycles. The summed E-state index contributed by atoms with van der Waals surface area (Å²) < 4.78 is 41.6. The van der Waals surface area contributed by atoms with Crippen molar-refractivity contribution in [3.05, 3.63) is 87.4 Å². The van der Waals surface area contributed by atoms with E-state index in [9.17, 15) is 17.6 Å². The fourth-order valence-electron chi connectivity index (χ4n) is 3.38. The second-order valence-corrected chi connectivity index (χ2v) is 9.57. The van der Waals surface area contributed by atoms with E-state index < -0.39 is 21.7 Å². The lowest BCUT2D eigenvalue weighted by atomic mass is 10.0. The van der Waals surface area contributed by atoms with Crippen molar-refractivity contribution in [2.45, 2.75) is 24.4 Å². The fourth-order valence-corrected chi connectivity index (χ4v) is 6.11. The van der Waals surface area contributed by atoms with E-state index in [0.29, 0.717) is 18.5 Å². The molecular formula is C21H19FN2O3S2. The van der Waals surface area contributed by atoms with E-state index >= 15 is 0 Å². The number of fused-ring (bicyclic) bond motifs is 1. The predicted molar refractivity (Wildman–Crippen MR) is 110 cm³/mol. The zero-order chi connectivity index (χ0) is 20.4. The van der Waals surface area contributed by atoms with Gasteiger partial charge < -0.3 is 5.32 Å². The van der Waals surface area contributed by atoms with Gasteiger partial charge in [-0.3, -0.25) is 4.79 Å². The van der Waals surface area contributed by atoms with E-state index in [1.165, 1.54) is 16.4 Å². The molecule has 0 bridgehead atoms. The van der Waals surface area contributed by atoms with E-state index in [4.69, 9.17) is 0 Å². The van der Waals surface area contributed by atoms with Gasteiger partial charge in [-0.25, -0.2) is 12.8 Å². The van der Waals surface area contributed by atoms with Crippen LogP contribution in [0, 0.1) is 5.82 Å². The minimum Gasteiger partial charge on any atom is -0.347 e. The SMILES string of the molecule is O=C(NCc1ccccc1F)c1sccc1S(=O)(=O)N1CCc2ccccc2C1. The number of rotatable bonds is 5. The highest BCUT2D eigenvalue weighted by molar-refractivity contribution is 7.89. The van der Waals surface area contributed by atoms with Crippen molar-refractivity contribution in [1.82, 2.24) is 9.62 Å². The van der Waals surface area contributed by atoms with Gasteiger partial charge in [-0.2, -0.15) is 4.31 Å².